The van der Waals surface area contributed by atoms with Gasteiger partial charge in [0, 0.05) is 6.42 Å². The van der Waals surface area contributed by atoms with Crippen molar-refractivity contribution in [3.63, 3.8) is 0 Å². The molecule has 74 heavy (non-hydrogen) atoms. The lowest BCUT2D eigenvalue weighted by atomic mass is 9.96. The predicted molar refractivity (Wildman–Crippen MR) is 277 cm³/mol. The van der Waals surface area contributed by atoms with Crippen molar-refractivity contribution in [2.24, 2.45) is 0 Å². The maximum Gasteiger partial charge on any atom is 0.220 e. The summed E-state index contributed by atoms with van der Waals surface area (Å²) in [4.78, 5) is 13.2. The van der Waals surface area contributed by atoms with Gasteiger partial charge in [-0.1, -0.05) is 147 Å². The second-order valence-corrected chi connectivity index (χ2v) is 20.4. The maximum absolute atomic E-state index is 13.2. The second-order valence-electron chi connectivity index (χ2n) is 20.4. The largest absolute Gasteiger partial charge is 0.394 e. The highest BCUT2D eigenvalue weighted by Gasteiger charge is 2.53. The smallest absolute Gasteiger partial charge is 0.220 e. The average Bonchev–Trinajstić information content (AvgIpc) is 3.40. The number of aliphatic hydroxyl groups excluding tert-OH is 11. The van der Waals surface area contributed by atoms with Gasteiger partial charge in [-0.15, -0.1) is 0 Å². The first kappa shape index (κ1) is 66.3. The van der Waals surface area contributed by atoms with Crippen molar-refractivity contribution < 1.29 is 89.4 Å². The minimum absolute atomic E-state index is 0.225. The number of nitrogens with one attached hydrogen (secondary N) is 1. The number of carbonyl (C=O) groups is 1. The van der Waals surface area contributed by atoms with Crippen LogP contribution >= 0.6 is 0 Å². The lowest BCUT2D eigenvalue weighted by Gasteiger charge is -2.48. The number of unbranched alkanes of at least 4 members (excludes halogenated alkanes) is 20. The third-order valence-electron chi connectivity index (χ3n) is 14.2. The van der Waals surface area contributed by atoms with Crippen LogP contribution in [0.2, 0.25) is 0 Å². The first-order valence-corrected chi connectivity index (χ1v) is 28.2. The van der Waals surface area contributed by atoms with Crippen LogP contribution in [-0.2, 0) is 33.2 Å². The van der Waals surface area contributed by atoms with Crippen molar-refractivity contribution >= 4 is 5.91 Å². The highest BCUT2D eigenvalue weighted by atomic mass is 16.8. The van der Waals surface area contributed by atoms with Crippen LogP contribution in [0.4, 0.5) is 0 Å². The van der Waals surface area contributed by atoms with Gasteiger partial charge in [0.05, 0.1) is 38.6 Å². The molecule has 12 N–H and O–H groups in total. The van der Waals surface area contributed by atoms with E-state index in [0.717, 1.165) is 57.8 Å². The summed E-state index contributed by atoms with van der Waals surface area (Å²) in [5.41, 5.74) is 0. The Morgan fingerprint density at radius 2 is 0.865 bits per heavy atom. The van der Waals surface area contributed by atoms with Gasteiger partial charge in [0.2, 0.25) is 5.91 Å². The fraction of sp³-hybridized carbons (Fsp3) is 0.873. The maximum atomic E-state index is 13.2. The first-order valence-electron chi connectivity index (χ1n) is 28.2. The Bertz CT molecular complexity index is 1500. The molecule has 0 spiro atoms. The van der Waals surface area contributed by atoms with E-state index in [1.54, 1.807) is 6.08 Å². The minimum atomic E-state index is -1.98. The standard InChI is InChI=1S/C55H99NO18/c1-3-5-7-9-11-13-15-17-18-19-20-21-22-24-26-28-30-32-39(60)38(56-43(61)33-31-29-27-25-23-16-14-12-10-8-6-4-2)37-69-53-49(67)46(64)51(41(35-58)71-53)74-55-50(68)47(65)52(42(36-59)72-55)73-54-48(66)45(63)44(62)40(34-57)70-54/h12,14,22,24,30,32,38-42,44-55,57-60,62-68H,3-11,13,15-21,23,25-29,31,33-37H2,1-2H3,(H,56,61)/b14-12-,24-22+,32-30+. The molecule has 0 aromatic carbocycles. The highest BCUT2D eigenvalue weighted by Crippen LogP contribution is 2.33. The molecule has 3 heterocycles. The van der Waals surface area contributed by atoms with Crippen molar-refractivity contribution in [1.29, 1.82) is 0 Å². The molecule has 3 saturated heterocycles. The van der Waals surface area contributed by atoms with E-state index in [0.29, 0.717) is 12.8 Å². The minimum Gasteiger partial charge on any atom is -0.394 e. The van der Waals surface area contributed by atoms with Gasteiger partial charge in [-0.2, -0.15) is 0 Å². The van der Waals surface area contributed by atoms with Crippen LogP contribution in [0.25, 0.3) is 0 Å². The Hall–Kier alpha value is -1.99. The summed E-state index contributed by atoms with van der Waals surface area (Å²) in [6.07, 6.45) is 12.8. The van der Waals surface area contributed by atoms with Crippen molar-refractivity contribution in [2.45, 2.75) is 279 Å². The molecule has 3 aliphatic rings. The van der Waals surface area contributed by atoms with Gasteiger partial charge < -0.3 is 89.9 Å². The predicted octanol–water partition coefficient (Wildman–Crippen LogP) is 3.76. The van der Waals surface area contributed by atoms with E-state index < -0.39 is 124 Å². The number of rotatable bonds is 40. The third kappa shape index (κ3) is 23.9. The molecule has 17 atom stereocenters. The van der Waals surface area contributed by atoms with Crippen LogP contribution in [0.15, 0.2) is 36.5 Å². The summed E-state index contributed by atoms with van der Waals surface area (Å²) in [5, 5.41) is 120. The van der Waals surface area contributed by atoms with Gasteiger partial charge in [-0.3, -0.25) is 4.79 Å². The van der Waals surface area contributed by atoms with E-state index in [1.165, 1.54) is 83.5 Å². The third-order valence-corrected chi connectivity index (χ3v) is 14.2. The molecular weight excluding hydrogens is 963 g/mol. The molecule has 3 aliphatic heterocycles. The molecule has 432 valence electrons. The molecular formula is C55H99NO18. The van der Waals surface area contributed by atoms with Gasteiger partial charge >= 0.3 is 0 Å². The van der Waals surface area contributed by atoms with E-state index in [1.807, 2.05) is 6.08 Å². The van der Waals surface area contributed by atoms with Crippen LogP contribution in [-0.4, -0.2) is 193 Å². The van der Waals surface area contributed by atoms with Crippen molar-refractivity contribution in [3.8, 4) is 0 Å². The molecule has 19 nitrogen and oxygen atoms in total. The molecule has 1 amide bonds. The number of amides is 1. The van der Waals surface area contributed by atoms with Crippen LogP contribution in [0.1, 0.15) is 174 Å². The molecule has 17 unspecified atom stereocenters. The van der Waals surface area contributed by atoms with E-state index in [-0.39, 0.29) is 18.9 Å². The Morgan fingerprint density at radius 3 is 1.38 bits per heavy atom. The molecule has 0 aromatic rings. The lowest BCUT2D eigenvalue weighted by molar-refractivity contribution is -0.379. The van der Waals surface area contributed by atoms with Crippen molar-refractivity contribution in [3.05, 3.63) is 36.5 Å². The number of hydrogen-bond donors (Lipinski definition) is 12. The molecule has 0 aromatic heterocycles. The Kier molecular flexibility index (Phi) is 35.3. The summed E-state index contributed by atoms with van der Waals surface area (Å²) in [6, 6.07) is -0.991. The molecule has 0 radical (unpaired) electrons. The summed E-state index contributed by atoms with van der Waals surface area (Å²) < 4.78 is 34.1. The van der Waals surface area contributed by atoms with Crippen LogP contribution in [0.3, 0.4) is 0 Å². The summed E-state index contributed by atoms with van der Waals surface area (Å²) in [7, 11) is 0. The van der Waals surface area contributed by atoms with E-state index in [9.17, 15) is 61.0 Å². The monoisotopic (exact) mass is 1060 g/mol. The Morgan fingerprint density at radius 1 is 0.473 bits per heavy atom. The van der Waals surface area contributed by atoms with Crippen molar-refractivity contribution in [2.75, 3.05) is 26.4 Å². The molecule has 3 rings (SSSR count). The Balaban J connectivity index is 1.55. The molecule has 0 aliphatic carbocycles. The SMILES string of the molecule is CCCCC/C=C\CCCCCCCC(=O)NC(COC1OC(CO)C(OC2OC(CO)C(OC3OC(CO)C(O)C(O)C3O)C(O)C2O)C(O)C1O)C(O)/C=C/CC/C=C/CCCCCCCCCCCCC. The van der Waals surface area contributed by atoms with Gasteiger partial charge in [0.25, 0.3) is 0 Å². The molecule has 19 heteroatoms. The van der Waals surface area contributed by atoms with E-state index >= 15 is 0 Å². The zero-order valence-corrected chi connectivity index (χ0v) is 44.6. The molecule has 3 fully saturated rings. The number of allylic oxidation sites excluding steroid dienone is 5. The second kappa shape index (κ2) is 39.4. The fourth-order valence-corrected chi connectivity index (χ4v) is 9.43. The number of aliphatic hydroxyl groups is 11. The van der Waals surface area contributed by atoms with Gasteiger partial charge in [-0.05, 0) is 57.8 Å². The van der Waals surface area contributed by atoms with Gasteiger partial charge in [0.1, 0.15) is 73.2 Å². The topological polar surface area (TPSA) is 307 Å². The summed E-state index contributed by atoms with van der Waals surface area (Å²) in [5.74, 6) is -0.298. The molecule has 0 saturated carbocycles. The number of carbonyl (C=O) groups excluding carboxylic acids is 1. The lowest BCUT2D eigenvalue weighted by Crippen LogP contribution is -2.66. The zero-order valence-electron chi connectivity index (χ0n) is 44.6. The zero-order chi connectivity index (χ0) is 54.1. The van der Waals surface area contributed by atoms with E-state index in [2.05, 4.69) is 43.5 Å². The fourth-order valence-electron chi connectivity index (χ4n) is 9.43. The summed E-state index contributed by atoms with van der Waals surface area (Å²) >= 11 is 0. The number of hydrogen-bond acceptors (Lipinski definition) is 18. The number of ether oxygens (including phenoxy) is 6. The first-order chi connectivity index (χ1) is 35.8. The van der Waals surface area contributed by atoms with Crippen LogP contribution in [0, 0.1) is 0 Å². The average molecular weight is 1060 g/mol. The van der Waals surface area contributed by atoms with Crippen LogP contribution < -0.4 is 5.32 Å². The van der Waals surface area contributed by atoms with Gasteiger partial charge in [0.15, 0.2) is 18.9 Å². The Labute approximate surface area is 440 Å². The molecule has 0 bridgehead atoms. The van der Waals surface area contributed by atoms with Crippen LogP contribution in [0.5, 0.6) is 0 Å². The quantitative estimate of drug-likeness (QED) is 0.0307. The summed E-state index contributed by atoms with van der Waals surface area (Å²) in [6.45, 7) is 1.64. The normalized spacial score (nSPS) is 31.7. The highest BCUT2D eigenvalue weighted by molar-refractivity contribution is 5.76. The van der Waals surface area contributed by atoms with Crippen molar-refractivity contribution in [1.82, 2.24) is 5.32 Å². The van der Waals surface area contributed by atoms with E-state index in [4.69, 9.17) is 28.4 Å². The van der Waals surface area contributed by atoms with Gasteiger partial charge in [-0.25, -0.2) is 0 Å².